The van der Waals surface area contributed by atoms with Crippen LogP contribution in [-0.2, 0) is 0 Å². The van der Waals surface area contributed by atoms with Crippen LogP contribution in [0.2, 0.25) is 0 Å². The predicted molar refractivity (Wildman–Crippen MR) is 79.9 cm³/mol. The number of carbonyl (C=O) groups excluding carboxylic acids is 1. The number of benzene rings is 1. The van der Waals surface area contributed by atoms with Gasteiger partial charge in [-0.1, -0.05) is 18.2 Å². The number of anilines is 1. The number of aromatic nitrogens is 2. The maximum absolute atomic E-state index is 11.7. The highest BCUT2D eigenvalue weighted by atomic mass is 16.1. The van der Waals surface area contributed by atoms with Crippen molar-refractivity contribution in [2.75, 3.05) is 24.5 Å². The minimum absolute atomic E-state index is 0.0819. The lowest BCUT2D eigenvalue weighted by atomic mass is 10.2. The summed E-state index contributed by atoms with van der Waals surface area (Å²) >= 11 is 0. The monoisotopic (exact) mass is 272 g/mol. The smallest absolute Gasteiger partial charge is 0.254 e. The van der Waals surface area contributed by atoms with E-state index in [1.54, 1.807) is 6.20 Å². The number of nitrogens with zero attached hydrogens (tertiary/aromatic N) is 2. The summed E-state index contributed by atoms with van der Waals surface area (Å²) < 4.78 is 0. The van der Waals surface area contributed by atoms with E-state index in [2.05, 4.69) is 39.5 Å². The van der Waals surface area contributed by atoms with Crippen molar-refractivity contribution in [1.29, 1.82) is 0 Å². The van der Waals surface area contributed by atoms with Gasteiger partial charge in [-0.2, -0.15) is 5.10 Å². The zero-order chi connectivity index (χ0) is 14.2. The second kappa shape index (κ2) is 7.33. The average molecular weight is 272 g/mol. The first kappa shape index (κ1) is 14.1. The molecule has 5 nitrogen and oxygen atoms in total. The highest BCUT2D eigenvalue weighted by Gasteiger charge is 2.06. The highest BCUT2D eigenvalue weighted by Crippen LogP contribution is 2.12. The Morgan fingerprint density at radius 3 is 2.80 bits per heavy atom. The Labute approximate surface area is 119 Å². The first-order chi connectivity index (χ1) is 9.81. The second-order valence-electron chi connectivity index (χ2n) is 4.51. The molecule has 0 aliphatic carbocycles. The number of hydrogen-bond donors (Lipinski definition) is 2. The number of rotatable bonds is 7. The number of amides is 1. The fourth-order valence-corrected chi connectivity index (χ4v) is 2.06. The number of hydrogen-bond acceptors (Lipinski definition) is 3. The van der Waals surface area contributed by atoms with Crippen LogP contribution in [0.3, 0.4) is 0 Å². The van der Waals surface area contributed by atoms with Crippen LogP contribution >= 0.6 is 0 Å². The molecule has 0 fully saturated rings. The summed E-state index contributed by atoms with van der Waals surface area (Å²) in [6.07, 6.45) is 4.03. The SMILES string of the molecule is CCN(CCCNC(=O)c1cn[nH]c1)c1ccccc1. The predicted octanol–water partition coefficient (Wildman–Crippen LogP) is 2.06. The molecule has 1 aromatic heterocycles. The van der Waals surface area contributed by atoms with Gasteiger partial charge < -0.3 is 10.2 Å². The number of carbonyl (C=O) groups is 1. The Morgan fingerprint density at radius 1 is 1.35 bits per heavy atom. The third-order valence-corrected chi connectivity index (χ3v) is 3.15. The van der Waals surface area contributed by atoms with Gasteiger partial charge in [0, 0.05) is 31.5 Å². The molecule has 0 aliphatic heterocycles. The number of aromatic amines is 1. The minimum atomic E-state index is -0.0819. The molecule has 0 atom stereocenters. The van der Waals surface area contributed by atoms with Gasteiger partial charge in [0.05, 0.1) is 11.8 Å². The van der Waals surface area contributed by atoms with Gasteiger partial charge in [-0.25, -0.2) is 0 Å². The molecule has 2 rings (SSSR count). The molecule has 106 valence electrons. The molecule has 5 heteroatoms. The summed E-state index contributed by atoms with van der Waals surface area (Å²) in [7, 11) is 0. The fraction of sp³-hybridized carbons (Fsp3) is 0.333. The van der Waals surface area contributed by atoms with Gasteiger partial charge in [-0.15, -0.1) is 0 Å². The van der Waals surface area contributed by atoms with Crippen LogP contribution in [-0.4, -0.2) is 35.7 Å². The van der Waals surface area contributed by atoms with Crippen molar-refractivity contribution in [3.63, 3.8) is 0 Å². The first-order valence-electron chi connectivity index (χ1n) is 6.88. The summed E-state index contributed by atoms with van der Waals surface area (Å²) in [5.41, 5.74) is 1.79. The van der Waals surface area contributed by atoms with Crippen LogP contribution in [0, 0.1) is 0 Å². The minimum Gasteiger partial charge on any atom is -0.372 e. The molecule has 0 radical (unpaired) electrons. The molecule has 1 aromatic carbocycles. The largest absolute Gasteiger partial charge is 0.372 e. The molecule has 1 amide bonds. The lowest BCUT2D eigenvalue weighted by Crippen LogP contribution is -2.29. The van der Waals surface area contributed by atoms with E-state index in [9.17, 15) is 4.79 Å². The van der Waals surface area contributed by atoms with Crippen LogP contribution in [0.25, 0.3) is 0 Å². The summed E-state index contributed by atoms with van der Waals surface area (Å²) in [4.78, 5) is 14.0. The summed E-state index contributed by atoms with van der Waals surface area (Å²) in [6.45, 7) is 4.68. The van der Waals surface area contributed by atoms with Crippen molar-refractivity contribution in [2.24, 2.45) is 0 Å². The third-order valence-electron chi connectivity index (χ3n) is 3.15. The molecule has 0 spiro atoms. The van der Waals surface area contributed by atoms with Gasteiger partial charge in [0.2, 0.25) is 0 Å². The van der Waals surface area contributed by atoms with E-state index < -0.39 is 0 Å². The number of nitrogens with one attached hydrogen (secondary N) is 2. The Morgan fingerprint density at radius 2 is 2.15 bits per heavy atom. The zero-order valence-electron chi connectivity index (χ0n) is 11.7. The average Bonchev–Trinajstić information content (AvgIpc) is 3.02. The van der Waals surface area contributed by atoms with E-state index in [4.69, 9.17) is 0 Å². The molecule has 0 aliphatic rings. The van der Waals surface area contributed by atoms with E-state index in [0.29, 0.717) is 12.1 Å². The zero-order valence-corrected chi connectivity index (χ0v) is 11.7. The first-order valence-corrected chi connectivity index (χ1v) is 6.88. The molecule has 2 N–H and O–H groups in total. The summed E-state index contributed by atoms with van der Waals surface area (Å²) in [6, 6.07) is 10.3. The van der Waals surface area contributed by atoms with Gasteiger partial charge in [0.25, 0.3) is 5.91 Å². The van der Waals surface area contributed by atoms with Crippen molar-refractivity contribution in [2.45, 2.75) is 13.3 Å². The standard InChI is InChI=1S/C15H20N4O/c1-2-19(14-7-4-3-5-8-14)10-6-9-16-15(20)13-11-17-18-12-13/h3-5,7-8,11-12H,2,6,9-10H2,1H3,(H,16,20)(H,17,18). The van der Waals surface area contributed by atoms with Gasteiger partial charge in [0.1, 0.15) is 0 Å². The Bertz CT molecular complexity index is 510. The quantitative estimate of drug-likeness (QED) is 0.758. The van der Waals surface area contributed by atoms with Crippen LogP contribution in [0.5, 0.6) is 0 Å². The van der Waals surface area contributed by atoms with Crippen LogP contribution in [0.15, 0.2) is 42.7 Å². The van der Waals surface area contributed by atoms with Gasteiger partial charge in [-0.05, 0) is 25.5 Å². The third kappa shape index (κ3) is 3.85. The van der Waals surface area contributed by atoms with Crippen molar-refractivity contribution >= 4 is 11.6 Å². The molecule has 0 saturated carbocycles. The van der Waals surface area contributed by atoms with Gasteiger partial charge in [-0.3, -0.25) is 9.89 Å². The van der Waals surface area contributed by atoms with E-state index in [1.807, 2.05) is 18.2 Å². The molecule has 20 heavy (non-hydrogen) atoms. The Balaban J connectivity index is 1.73. The Kier molecular flexibility index (Phi) is 5.17. The molecule has 0 unspecified atom stereocenters. The highest BCUT2D eigenvalue weighted by molar-refractivity contribution is 5.93. The molecule has 0 saturated heterocycles. The van der Waals surface area contributed by atoms with Crippen molar-refractivity contribution < 1.29 is 4.79 Å². The molecule has 2 aromatic rings. The molecular formula is C15H20N4O. The molecule has 0 bridgehead atoms. The topological polar surface area (TPSA) is 61.0 Å². The lowest BCUT2D eigenvalue weighted by Gasteiger charge is -2.23. The van der Waals surface area contributed by atoms with Crippen LogP contribution in [0.4, 0.5) is 5.69 Å². The maximum atomic E-state index is 11.7. The summed E-state index contributed by atoms with van der Waals surface area (Å²) in [5.74, 6) is -0.0819. The van der Waals surface area contributed by atoms with Gasteiger partial charge >= 0.3 is 0 Å². The van der Waals surface area contributed by atoms with E-state index in [0.717, 1.165) is 19.5 Å². The van der Waals surface area contributed by atoms with E-state index in [-0.39, 0.29) is 5.91 Å². The van der Waals surface area contributed by atoms with Crippen molar-refractivity contribution in [3.8, 4) is 0 Å². The van der Waals surface area contributed by atoms with E-state index >= 15 is 0 Å². The normalized spacial score (nSPS) is 10.2. The van der Waals surface area contributed by atoms with Crippen LogP contribution in [0.1, 0.15) is 23.7 Å². The van der Waals surface area contributed by atoms with E-state index in [1.165, 1.54) is 11.9 Å². The van der Waals surface area contributed by atoms with Crippen LogP contribution < -0.4 is 10.2 Å². The fourth-order valence-electron chi connectivity index (χ4n) is 2.06. The summed E-state index contributed by atoms with van der Waals surface area (Å²) in [5, 5.41) is 9.28. The lowest BCUT2D eigenvalue weighted by molar-refractivity contribution is 0.0953. The maximum Gasteiger partial charge on any atom is 0.254 e. The van der Waals surface area contributed by atoms with Crippen molar-refractivity contribution in [3.05, 3.63) is 48.3 Å². The molecule has 1 heterocycles. The number of H-pyrrole nitrogens is 1. The number of para-hydroxylation sites is 1. The van der Waals surface area contributed by atoms with Crippen molar-refractivity contribution in [1.82, 2.24) is 15.5 Å². The second-order valence-corrected chi connectivity index (χ2v) is 4.51. The van der Waals surface area contributed by atoms with Gasteiger partial charge in [0.15, 0.2) is 0 Å². The molecular weight excluding hydrogens is 252 g/mol. The Hall–Kier alpha value is -2.30.